The van der Waals surface area contributed by atoms with Crippen molar-refractivity contribution in [1.82, 2.24) is 9.88 Å². The minimum Gasteiger partial charge on any atom is -0.486 e. The zero-order valence-corrected chi connectivity index (χ0v) is 15.8. The van der Waals surface area contributed by atoms with Crippen molar-refractivity contribution in [2.75, 3.05) is 26.8 Å². The van der Waals surface area contributed by atoms with E-state index in [4.69, 9.17) is 26.2 Å². The molecule has 1 N–H and O–H groups in total. The summed E-state index contributed by atoms with van der Waals surface area (Å²) in [6.45, 7) is 0.413. The van der Waals surface area contributed by atoms with Crippen LogP contribution in [-0.2, 0) is 27.4 Å². The second-order valence-electron chi connectivity index (χ2n) is 5.35. The van der Waals surface area contributed by atoms with Crippen LogP contribution in [0.1, 0.15) is 10.7 Å². The van der Waals surface area contributed by atoms with Gasteiger partial charge in [0, 0.05) is 24.1 Å². The van der Waals surface area contributed by atoms with Crippen LogP contribution in [0.15, 0.2) is 29.6 Å². The van der Waals surface area contributed by atoms with Gasteiger partial charge in [-0.05, 0) is 24.3 Å². The zero-order valence-electron chi connectivity index (χ0n) is 14.2. The number of nitrogens with zero attached hydrogens (tertiary/aromatic N) is 2. The molecule has 1 amide bonds. The van der Waals surface area contributed by atoms with Crippen molar-refractivity contribution >= 4 is 34.8 Å². The minimum atomic E-state index is -1.07. The lowest BCUT2D eigenvalue weighted by atomic mass is 10.3. The van der Waals surface area contributed by atoms with Crippen LogP contribution in [0.2, 0.25) is 5.02 Å². The molecule has 0 spiro atoms. The molecule has 0 aliphatic carbocycles. The zero-order chi connectivity index (χ0) is 18.9. The first-order valence-electron chi connectivity index (χ1n) is 7.78. The van der Waals surface area contributed by atoms with E-state index in [1.54, 1.807) is 29.6 Å². The van der Waals surface area contributed by atoms with Crippen LogP contribution >= 0.6 is 22.9 Å². The Kier molecular flexibility index (Phi) is 7.83. The molecule has 26 heavy (non-hydrogen) atoms. The lowest BCUT2D eigenvalue weighted by Crippen LogP contribution is -2.38. The van der Waals surface area contributed by atoms with Crippen molar-refractivity contribution in [3.63, 3.8) is 0 Å². The molecule has 7 nitrogen and oxygen atoms in total. The number of carboxylic acids is 1. The number of benzene rings is 1. The number of hydrogen-bond donors (Lipinski definition) is 1. The largest absolute Gasteiger partial charge is 0.486 e. The van der Waals surface area contributed by atoms with Crippen molar-refractivity contribution in [1.29, 1.82) is 0 Å². The van der Waals surface area contributed by atoms with Crippen LogP contribution in [0.4, 0.5) is 0 Å². The Labute approximate surface area is 160 Å². The van der Waals surface area contributed by atoms with Gasteiger partial charge in [0.25, 0.3) is 0 Å². The van der Waals surface area contributed by atoms with Crippen LogP contribution in [0.5, 0.6) is 5.75 Å². The third-order valence-electron chi connectivity index (χ3n) is 3.35. The van der Waals surface area contributed by atoms with E-state index in [2.05, 4.69) is 4.98 Å². The maximum absolute atomic E-state index is 12.3. The molecule has 0 atom stereocenters. The standard InChI is InChI=1S/C17H19ClN2O5S/c1-24-7-6-20(9-17(22)23)16(21)8-13-11-26-15(19-13)10-25-14-4-2-12(18)3-5-14/h2-5,11H,6-10H2,1H3,(H,22,23). The molecular weight excluding hydrogens is 380 g/mol. The summed E-state index contributed by atoms with van der Waals surface area (Å²) in [6, 6.07) is 7.00. The second-order valence-corrected chi connectivity index (χ2v) is 6.73. The van der Waals surface area contributed by atoms with Gasteiger partial charge in [-0.15, -0.1) is 11.3 Å². The Morgan fingerprint density at radius 1 is 1.31 bits per heavy atom. The number of halogens is 1. The number of aliphatic carboxylic acids is 1. The predicted molar refractivity (Wildman–Crippen MR) is 97.7 cm³/mol. The predicted octanol–water partition coefficient (Wildman–Crippen LogP) is 2.48. The Morgan fingerprint density at radius 3 is 2.69 bits per heavy atom. The fourth-order valence-electron chi connectivity index (χ4n) is 2.10. The van der Waals surface area contributed by atoms with Gasteiger partial charge in [-0.1, -0.05) is 11.6 Å². The molecule has 0 aliphatic heterocycles. The van der Waals surface area contributed by atoms with Gasteiger partial charge in [0.1, 0.15) is 23.9 Å². The molecule has 2 rings (SSSR count). The number of carboxylic acid groups (broad SMARTS) is 1. The first-order valence-corrected chi connectivity index (χ1v) is 9.04. The average molecular weight is 399 g/mol. The Balaban J connectivity index is 1.89. The fraction of sp³-hybridized carbons (Fsp3) is 0.353. The van der Waals surface area contributed by atoms with Crippen molar-refractivity contribution < 1.29 is 24.2 Å². The molecular formula is C17H19ClN2O5S. The number of thiazole rings is 1. The van der Waals surface area contributed by atoms with Gasteiger partial charge >= 0.3 is 5.97 Å². The first kappa shape index (κ1) is 20.2. The van der Waals surface area contributed by atoms with Gasteiger partial charge in [-0.3, -0.25) is 9.59 Å². The second kappa shape index (κ2) is 10.1. The highest BCUT2D eigenvalue weighted by Gasteiger charge is 2.18. The van der Waals surface area contributed by atoms with E-state index in [-0.39, 0.29) is 38.6 Å². The number of rotatable bonds is 10. The molecule has 0 radical (unpaired) electrons. The minimum absolute atomic E-state index is 0.0362. The molecule has 2 aromatic rings. The lowest BCUT2D eigenvalue weighted by Gasteiger charge is -2.19. The molecule has 0 unspecified atom stereocenters. The van der Waals surface area contributed by atoms with Crippen LogP contribution in [0.25, 0.3) is 0 Å². The number of ether oxygens (including phenoxy) is 2. The van der Waals surface area contributed by atoms with Crippen LogP contribution in [0.3, 0.4) is 0 Å². The lowest BCUT2D eigenvalue weighted by molar-refractivity contribution is -0.144. The number of carbonyl (C=O) groups is 2. The van der Waals surface area contributed by atoms with Crippen LogP contribution in [-0.4, -0.2) is 53.7 Å². The van der Waals surface area contributed by atoms with Crippen LogP contribution < -0.4 is 4.74 Å². The summed E-state index contributed by atoms with van der Waals surface area (Å²) in [4.78, 5) is 28.8. The normalized spacial score (nSPS) is 10.5. The summed E-state index contributed by atoms with van der Waals surface area (Å²) < 4.78 is 10.5. The van der Waals surface area contributed by atoms with Crippen molar-refractivity contribution in [2.45, 2.75) is 13.0 Å². The monoisotopic (exact) mass is 398 g/mol. The van der Waals surface area contributed by atoms with E-state index in [0.717, 1.165) is 5.01 Å². The molecule has 9 heteroatoms. The molecule has 0 fully saturated rings. The van der Waals surface area contributed by atoms with Gasteiger partial charge in [0.2, 0.25) is 5.91 Å². The van der Waals surface area contributed by atoms with E-state index in [9.17, 15) is 9.59 Å². The quantitative estimate of drug-likeness (QED) is 0.661. The van der Waals surface area contributed by atoms with Gasteiger partial charge in [-0.2, -0.15) is 0 Å². The number of amides is 1. The topological polar surface area (TPSA) is 89.0 Å². The van der Waals surface area contributed by atoms with Gasteiger partial charge < -0.3 is 19.5 Å². The molecule has 0 saturated carbocycles. The number of aromatic nitrogens is 1. The highest BCUT2D eigenvalue weighted by atomic mass is 35.5. The Bertz CT molecular complexity index is 735. The summed E-state index contributed by atoms with van der Waals surface area (Å²) in [7, 11) is 1.50. The highest BCUT2D eigenvalue weighted by Crippen LogP contribution is 2.18. The van der Waals surface area contributed by atoms with Gasteiger partial charge in [0.05, 0.1) is 18.7 Å². The van der Waals surface area contributed by atoms with E-state index in [1.807, 2.05) is 0 Å². The highest BCUT2D eigenvalue weighted by molar-refractivity contribution is 7.09. The number of methoxy groups -OCH3 is 1. The fourth-order valence-corrected chi connectivity index (χ4v) is 2.93. The molecule has 1 aromatic carbocycles. The maximum Gasteiger partial charge on any atom is 0.323 e. The molecule has 0 saturated heterocycles. The van der Waals surface area contributed by atoms with E-state index >= 15 is 0 Å². The summed E-state index contributed by atoms with van der Waals surface area (Å²) in [6.07, 6.45) is 0.0362. The number of hydrogen-bond acceptors (Lipinski definition) is 6. The summed E-state index contributed by atoms with van der Waals surface area (Å²) in [5.74, 6) is -0.695. The molecule has 1 heterocycles. The van der Waals surface area contributed by atoms with Crippen molar-refractivity contribution in [3.05, 3.63) is 45.4 Å². The Hall–Kier alpha value is -2.16. The van der Waals surface area contributed by atoms with E-state index in [0.29, 0.717) is 16.5 Å². The van der Waals surface area contributed by atoms with E-state index < -0.39 is 5.97 Å². The SMILES string of the molecule is COCCN(CC(=O)O)C(=O)Cc1csc(COc2ccc(Cl)cc2)n1. The summed E-state index contributed by atoms with van der Waals surface area (Å²) in [5.41, 5.74) is 0.586. The van der Waals surface area contributed by atoms with Gasteiger partial charge in [0.15, 0.2) is 0 Å². The smallest absolute Gasteiger partial charge is 0.323 e. The molecule has 140 valence electrons. The number of carbonyl (C=O) groups excluding carboxylic acids is 1. The third-order valence-corrected chi connectivity index (χ3v) is 4.47. The summed E-state index contributed by atoms with van der Waals surface area (Å²) in [5, 5.41) is 12.1. The molecule has 1 aromatic heterocycles. The maximum atomic E-state index is 12.3. The summed E-state index contributed by atoms with van der Waals surface area (Å²) >= 11 is 7.21. The van der Waals surface area contributed by atoms with Crippen LogP contribution in [0, 0.1) is 0 Å². The van der Waals surface area contributed by atoms with Gasteiger partial charge in [-0.25, -0.2) is 4.98 Å². The van der Waals surface area contributed by atoms with E-state index in [1.165, 1.54) is 23.3 Å². The molecule has 0 bridgehead atoms. The van der Waals surface area contributed by atoms with Crippen molar-refractivity contribution in [2.24, 2.45) is 0 Å². The Morgan fingerprint density at radius 2 is 2.04 bits per heavy atom. The van der Waals surface area contributed by atoms with Crippen molar-refractivity contribution in [3.8, 4) is 5.75 Å². The third kappa shape index (κ3) is 6.62. The average Bonchev–Trinajstić information content (AvgIpc) is 3.05. The molecule has 0 aliphatic rings. The first-order chi connectivity index (χ1) is 12.5.